The van der Waals surface area contributed by atoms with Crippen LogP contribution in [0.1, 0.15) is 16.8 Å². The number of hydrogen-bond donors (Lipinski definition) is 1. The van der Waals surface area contributed by atoms with Crippen LogP contribution in [0.3, 0.4) is 0 Å². The number of amides is 1. The summed E-state index contributed by atoms with van der Waals surface area (Å²) in [5.74, 6) is -3.48. The van der Waals surface area contributed by atoms with E-state index in [0.717, 1.165) is 24.3 Å². The highest BCUT2D eigenvalue weighted by molar-refractivity contribution is 7.96. The van der Waals surface area contributed by atoms with Crippen molar-refractivity contribution in [3.8, 4) is 0 Å². The van der Waals surface area contributed by atoms with Gasteiger partial charge in [-0.05, 0) is 36.8 Å². The van der Waals surface area contributed by atoms with Crippen molar-refractivity contribution in [2.24, 2.45) is 0 Å². The second-order valence-corrected chi connectivity index (χ2v) is 10.6. The Morgan fingerprint density at radius 3 is 2.41 bits per heavy atom. The quantitative estimate of drug-likeness (QED) is 0.772. The Labute approximate surface area is 155 Å². The highest BCUT2D eigenvalue weighted by Crippen LogP contribution is 2.27. The van der Waals surface area contributed by atoms with Crippen LogP contribution in [0.25, 0.3) is 0 Å². The number of anilines is 1. The van der Waals surface area contributed by atoms with Gasteiger partial charge in [0.05, 0.1) is 32.9 Å². The fourth-order valence-electron chi connectivity index (χ4n) is 2.81. The van der Waals surface area contributed by atoms with Gasteiger partial charge in [-0.3, -0.25) is 4.79 Å². The molecule has 144 valence electrons. The summed E-state index contributed by atoms with van der Waals surface area (Å²) < 4.78 is 76.1. The Morgan fingerprint density at radius 1 is 1.07 bits per heavy atom. The Balaban J connectivity index is 1.93. The van der Waals surface area contributed by atoms with Gasteiger partial charge in [-0.1, -0.05) is 12.1 Å². The summed E-state index contributed by atoms with van der Waals surface area (Å²) >= 11 is 0. The molecule has 0 spiro atoms. The third kappa shape index (κ3) is 4.01. The van der Waals surface area contributed by atoms with Crippen molar-refractivity contribution in [3.63, 3.8) is 0 Å². The van der Waals surface area contributed by atoms with Crippen LogP contribution in [0.15, 0.2) is 47.4 Å². The minimum Gasteiger partial charge on any atom is -0.319 e. The van der Waals surface area contributed by atoms with Crippen LogP contribution < -0.4 is 5.32 Å². The predicted octanol–water partition coefficient (Wildman–Crippen LogP) is 2.18. The van der Waals surface area contributed by atoms with E-state index in [0.29, 0.717) is 0 Å². The predicted molar refractivity (Wildman–Crippen MR) is 95.0 cm³/mol. The molecule has 1 saturated heterocycles. The van der Waals surface area contributed by atoms with Gasteiger partial charge in [0.2, 0.25) is 0 Å². The summed E-state index contributed by atoms with van der Waals surface area (Å²) in [6, 6.07) is 7.89. The lowest BCUT2D eigenvalue weighted by atomic mass is 10.2. The number of rotatable bonds is 4. The number of nitrogens with one attached hydrogen (secondary N) is 1. The standard InChI is InChI=1S/C17H15F2NO5S2/c18-14-6-5-11(27(24,25)12-7-8-26(22,23)10-12)9-13(14)17(21)20-16-4-2-1-3-15(16)19/h1-6,9,12H,7-8,10H2,(H,20,21)/t12-/m0/s1. The smallest absolute Gasteiger partial charge is 0.258 e. The van der Waals surface area contributed by atoms with E-state index in [1.54, 1.807) is 0 Å². The molecule has 6 nitrogen and oxygen atoms in total. The molecule has 1 heterocycles. The summed E-state index contributed by atoms with van der Waals surface area (Å²) in [4.78, 5) is 11.9. The molecule has 1 amide bonds. The highest BCUT2D eigenvalue weighted by Gasteiger charge is 2.38. The average molecular weight is 415 g/mol. The number of carbonyl (C=O) groups is 1. The first-order chi connectivity index (χ1) is 12.6. The second-order valence-electron chi connectivity index (χ2n) is 6.15. The number of para-hydroxylation sites is 1. The Morgan fingerprint density at radius 2 is 1.78 bits per heavy atom. The number of halogens is 2. The molecule has 1 atom stereocenters. The molecule has 1 aliphatic heterocycles. The maximum absolute atomic E-state index is 14.1. The first-order valence-corrected chi connectivity index (χ1v) is 11.3. The lowest BCUT2D eigenvalue weighted by Gasteiger charge is -2.12. The molecule has 0 radical (unpaired) electrons. The Bertz CT molecular complexity index is 1110. The van der Waals surface area contributed by atoms with Crippen LogP contribution in [-0.4, -0.2) is 39.5 Å². The van der Waals surface area contributed by atoms with E-state index in [1.807, 2.05) is 0 Å². The summed E-state index contributed by atoms with van der Waals surface area (Å²) in [7, 11) is -7.50. The van der Waals surface area contributed by atoms with Crippen molar-refractivity contribution >= 4 is 31.3 Å². The zero-order valence-electron chi connectivity index (χ0n) is 13.9. The molecule has 2 aromatic rings. The number of benzene rings is 2. The van der Waals surface area contributed by atoms with Gasteiger partial charge in [0, 0.05) is 0 Å². The average Bonchev–Trinajstić information content (AvgIpc) is 2.98. The molecule has 2 aromatic carbocycles. The third-order valence-corrected chi connectivity index (χ3v) is 8.43. The Hall–Kier alpha value is -2.33. The molecule has 10 heteroatoms. The van der Waals surface area contributed by atoms with Crippen LogP contribution in [0.5, 0.6) is 0 Å². The molecule has 1 fully saturated rings. The molecule has 3 rings (SSSR count). The first kappa shape index (κ1) is 19.4. The van der Waals surface area contributed by atoms with Gasteiger partial charge in [0.1, 0.15) is 11.6 Å². The third-order valence-electron chi connectivity index (χ3n) is 4.26. The molecule has 0 saturated carbocycles. The van der Waals surface area contributed by atoms with E-state index >= 15 is 0 Å². The monoisotopic (exact) mass is 415 g/mol. The van der Waals surface area contributed by atoms with Crippen LogP contribution in [-0.2, 0) is 19.7 Å². The molecule has 1 aliphatic rings. The highest BCUT2D eigenvalue weighted by atomic mass is 32.2. The van der Waals surface area contributed by atoms with Crippen LogP contribution in [0.4, 0.5) is 14.5 Å². The molecule has 0 aromatic heterocycles. The largest absolute Gasteiger partial charge is 0.319 e. The fourth-order valence-corrected chi connectivity index (χ4v) is 7.19. The van der Waals surface area contributed by atoms with Crippen LogP contribution >= 0.6 is 0 Å². The van der Waals surface area contributed by atoms with E-state index in [2.05, 4.69) is 5.32 Å². The number of hydrogen-bond acceptors (Lipinski definition) is 5. The maximum atomic E-state index is 14.1. The van der Waals surface area contributed by atoms with Gasteiger partial charge >= 0.3 is 0 Å². The maximum Gasteiger partial charge on any atom is 0.258 e. The summed E-state index contributed by atoms with van der Waals surface area (Å²) in [6.45, 7) is 0. The molecule has 0 bridgehead atoms. The lowest BCUT2D eigenvalue weighted by Crippen LogP contribution is -2.23. The molecule has 0 aliphatic carbocycles. The molecule has 27 heavy (non-hydrogen) atoms. The van der Waals surface area contributed by atoms with Gasteiger partial charge < -0.3 is 5.32 Å². The number of sulfone groups is 2. The summed E-state index contributed by atoms with van der Waals surface area (Å²) in [5.41, 5.74) is -0.766. The fraction of sp³-hybridized carbons (Fsp3) is 0.235. The van der Waals surface area contributed by atoms with Crippen molar-refractivity contribution in [1.82, 2.24) is 0 Å². The van der Waals surface area contributed by atoms with Gasteiger partial charge in [0.25, 0.3) is 5.91 Å². The lowest BCUT2D eigenvalue weighted by molar-refractivity contribution is 0.102. The minimum absolute atomic E-state index is 0.0567. The van der Waals surface area contributed by atoms with Gasteiger partial charge in [-0.15, -0.1) is 0 Å². The summed E-state index contributed by atoms with van der Waals surface area (Å²) in [5, 5.41) is 1.04. The van der Waals surface area contributed by atoms with Gasteiger partial charge in [-0.2, -0.15) is 0 Å². The SMILES string of the molecule is O=C(Nc1ccccc1F)c1cc(S(=O)(=O)[C@H]2CCS(=O)(=O)C2)ccc1F. The van der Waals surface area contributed by atoms with E-state index in [9.17, 15) is 30.4 Å². The zero-order valence-corrected chi connectivity index (χ0v) is 15.5. The van der Waals surface area contributed by atoms with Gasteiger partial charge in [-0.25, -0.2) is 25.6 Å². The molecular formula is C17H15F2NO5S2. The first-order valence-electron chi connectivity index (χ1n) is 7.90. The van der Waals surface area contributed by atoms with E-state index < -0.39 is 53.8 Å². The normalized spacial score (nSPS) is 19.0. The molecule has 0 unspecified atom stereocenters. The molecular weight excluding hydrogens is 400 g/mol. The van der Waals surface area contributed by atoms with E-state index in [1.165, 1.54) is 18.2 Å². The van der Waals surface area contributed by atoms with E-state index in [-0.39, 0.29) is 22.8 Å². The molecule has 1 N–H and O–H groups in total. The Kier molecular flexibility index (Phi) is 5.04. The minimum atomic E-state index is -4.06. The van der Waals surface area contributed by atoms with Crippen molar-refractivity contribution in [3.05, 3.63) is 59.7 Å². The summed E-state index contributed by atoms with van der Waals surface area (Å²) in [6.07, 6.45) is -0.0567. The van der Waals surface area contributed by atoms with Crippen molar-refractivity contribution in [1.29, 1.82) is 0 Å². The van der Waals surface area contributed by atoms with Crippen LogP contribution in [0.2, 0.25) is 0 Å². The van der Waals surface area contributed by atoms with E-state index in [4.69, 9.17) is 0 Å². The number of carbonyl (C=O) groups excluding carboxylic acids is 1. The van der Waals surface area contributed by atoms with Gasteiger partial charge in [0.15, 0.2) is 19.7 Å². The van der Waals surface area contributed by atoms with Crippen LogP contribution in [0, 0.1) is 11.6 Å². The van der Waals surface area contributed by atoms with Crippen molar-refractivity contribution in [2.75, 3.05) is 16.8 Å². The van der Waals surface area contributed by atoms with Crippen molar-refractivity contribution < 1.29 is 30.4 Å². The second kappa shape index (κ2) is 7.01. The van der Waals surface area contributed by atoms with Crippen molar-refractivity contribution in [2.45, 2.75) is 16.6 Å². The topological polar surface area (TPSA) is 97.4 Å². The zero-order chi connectivity index (χ0) is 19.8.